The van der Waals surface area contributed by atoms with Crippen LogP contribution < -0.4 is 9.47 Å². The van der Waals surface area contributed by atoms with Crippen molar-refractivity contribution in [2.75, 3.05) is 27.9 Å². The molecule has 5 heteroatoms. The number of carbonyl (C=O) groups is 1. The van der Waals surface area contributed by atoms with E-state index >= 15 is 0 Å². The molecule has 0 aliphatic carbocycles. The molecule has 1 N–H and O–H groups in total. The fourth-order valence-corrected chi connectivity index (χ4v) is 1.74. The molecule has 0 aromatic heterocycles. The van der Waals surface area contributed by atoms with Crippen LogP contribution in [0.4, 0.5) is 0 Å². The Kier molecular flexibility index (Phi) is 5.45. The van der Waals surface area contributed by atoms with E-state index in [0.29, 0.717) is 30.1 Å². The van der Waals surface area contributed by atoms with Crippen molar-refractivity contribution >= 4 is 5.97 Å². The van der Waals surface area contributed by atoms with Crippen LogP contribution in [-0.4, -0.2) is 39.0 Å². The average Bonchev–Trinajstić information content (AvgIpc) is 2.38. The lowest BCUT2D eigenvalue weighted by Crippen LogP contribution is -2.14. The summed E-state index contributed by atoms with van der Waals surface area (Å²) in [6.07, 6.45) is 0.418. The largest absolute Gasteiger partial charge is 0.493 e. The molecule has 0 aliphatic heterocycles. The number of benzene rings is 1. The SMILES string of the molecule is COCCC(C(=O)O)c1ccc(OC)c(OC)c1. The molecular weight excluding hydrogens is 236 g/mol. The zero-order valence-electron chi connectivity index (χ0n) is 10.8. The minimum Gasteiger partial charge on any atom is -0.493 e. The lowest BCUT2D eigenvalue weighted by Gasteiger charge is -2.15. The summed E-state index contributed by atoms with van der Waals surface area (Å²) in [5.41, 5.74) is 0.678. The van der Waals surface area contributed by atoms with Crippen LogP contribution in [0.3, 0.4) is 0 Å². The molecule has 0 saturated carbocycles. The Labute approximate surface area is 106 Å². The molecule has 0 aliphatic rings. The van der Waals surface area contributed by atoms with Crippen LogP contribution in [0.25, 0.3) is 0 Å². The topological polar surface area (TPSA) is 65.0 Å². The first-order valence-corrected chi connectivity index (χ1v) is 5.57. The van der Waals surface area contributed by atoms with Crippen molar-refractivity contribution in [1.82, 2.24) is 0 Å². The van der Waals surface area contributed by atoms with Gasteiger partial charge < -0.3 is 19.3 Å². The van der Waals surface area contributed by atoms with Gasteiger partial charge in [0.15, 0.2) is 11.5 Å². The number of methoxy groups -OCH3 is 3. The van der Waals surface area contributed by atoms with E-state index in [-0.39, 0.29) is 0 Å². The van der Waals surface area contributed by atoms with Crippen molar-refractivity contribution in [1.29, 1.82) is 0 Å². The van der Waals surface area contributed by atoms with Gasteiger partial charge in [-0.25, -0.2) is 0 Å². The summed E-state index contributed by atoms with van der Waals surface area (Å²) in [6, 6.07) is 5.12. The molecule has 0 radical (unpaired) electrons. The molecule has 0 saturated heterocycles. The van der Waals surface area contributed by atoms with Crippen LogP contribution in [0.2, 0.25) is 0 Å². The Hall–Kier alpha value is -1.75. The Balaban J connectivity index is 3.01. The molecule has 0 fully saturated rings. The van der Waals surface area contributed by atoms with Crippen molar-refractivity contribution in [3.05, 3.63) is 23.8 Å². The smallest absolute Gasteiger partial charge is 0.311 e. The summed E-state index contributed by atoms with van der Waals surface area (Å²) in [7, 11) is 4.61. The van der Waals surface area contributed by atoms with E-state index in [9.17, 15) is 9.90 Å². The van der Waals surface area contributed by atoms with Gasteiger partial charge in [-0.1, -0.05) is 6.07 Å². The predicted octanol–water partition coefficient (Wildman–Crippen LogP) is 1.91. The lowest BCUT2D eigenvalue weighted by molar-refractivity contribution is -0.139. The highest BCUT2D eigenvalue weighted by atomic mass is 16.5. The van der Waals surface area contributed by atoms with Crippen molar-refractivity contribution in [3.8, 4) is 11.5 Å². The quantitative estimate of drug-likeness (QED) is 0.805. The summed E-state index contributed by atoms with van der Waals surface area (Å²) < 4.78 is 15.2. The van der Waals surface area contributed by atoms with E-state index in [2.05, 4.69) is 0 Å². The second kappa shape index (κ2) is 6.86. The van der Waals surface area contributed by atoms with E-state index in [1.807, 2.05) is 0 Å². The van der Waals surface area contributed by atoms with Crippen LogP contribution >= 0.6 is 0 Å². The average molecular weight is 254 g/mol. The number of carboxylic acids is 1. The van der Waals surface area contributed by atoms with Crippen LogP contribution in [0, 0.1) is 0 Å². The molecule has 5 nitrogen and oxygen atoms in total. The Morgan fingerprint density at radius 2 is 1.89 bits per heavy atom. The van der Waals surface area contributed by atoms with Crippen LogP contribution in [-0.2, 0) is 9.53 Å². The lowest BCUT2D eigenvalue weighted by atomic mass is 9.96. The third-order valence-electron chi connectivity index (χ3n) is 2.72. The summed E-state index contributed by atoms with van der Waals surface area (Å²) in [5.74, 6) is -0.375. The van der Waals surface area contributed by atoms with Crippen LogP contribution in [0.15, 0.2) is 18.2 Å². The molecule has 1 rings (SSSR count). The van der Waals surface area contributed by atoms with Gasteiger partial charge in [0.25, 0.3) is 0 Å². The number of rotatable bonds is 7. The predicted molar refractivity (Wildman–Crippen MR) is 66.4 cm³/mol. The molecule has 0 spiro atoms. The minimum atomic E-state index is -0.876. The second-order valence-corrected chi connectivity index (χ2v) is 3.79. The molecule has 18 heavy (non-hydrogen) atoms. The van der Waals surface area contributed by atoms with Crippen LogP contribution in [0.1, 0.15) is 17.9 Å². The first kappa shape index (κ1) is 14.3. The van der Waals surface area contributed by atoms with Crippen molar-refractivity contribution in [3.63, 3.8) is 0 Å². The second-order valence-electron chi connectivity index (χ2n) is 3.79. The fourth-order valence-electron chi connectivity index (χ4n) is 1.74. The van der Waals surface area contributed by atoms with Gasteiger partial charge in [0, 0.05) is 13.7 Å². The number of hydrogen-bond donors (Lipinski definition) is 1. The first-order valence-electron chi connectivity index (χ1n) is 5.57. The van der Waals surface area contributed by atoms with Gasteiger partial charge in [-0.05, 0) is 24.1 Å². The third-order valence-corrected chi connectivity index (χ3v) is 2.72. The Morgan fingerprint density at radius 1 is 1.22 bits per heavy atom. The third kappa shape index (κ3) is 3.37. The normalized spacial score (nSPS) is 11.9. The van der Waals surface area contributed by atoms with E-state index in [0.717, 1.165) is 0 Å². The van der Waals surface area contributed by atoms with Crippen molar-refractivity contribution in [2.24, 2.45) is 0 Å². The van der Waals surface area contributed by atoms with Gasteiger partial charge in [0.1, 0.15) is 0 Å². The fraction of sp³-hybridized carbons (Fsp3) is 0.462. The van der Waals surface area contributed by atoms with E-state index in [1.165, 1.54) is 14.2 Å². The molecule has 1 aromatic carbocycles. The summed E-state index contributed by atoms with van der Waals surface area (Å²) in [6.45, 7) is 0.394. The summed E-state index contributed by atoms with van der Waals surface area (Å²) in [4.78, 5) is 11.2. The zero-order chi connectivity index (χ0) is 13.5. The summed E-state index contributed by atoms with van der Waals surface area (Å²) in [5, 5.41) is 9.22. The maximum absolute atomic E-state index is 11.2. The van der Waals surface area contributed by atoms with E-state index in [4.69, 9.17) is 14.2 Å². The van der Waals surface area contributed by atoms with Gasteiger partial charge in [0.2, 0.25) is 0 Å². The van der Waals surface area contributed by atoms with Crippen LogP contribution in [0.5, 0.6) is 11.5 Å². The summed E-state index contributed by atoms with van der Waals surface area (Å²) >= 11 is 0. The number of ether oxygens (including phenoxy) is 3. The zero-order valence-corrected chi connectivity index (χ0v) is 10.8. The van der Waals surface area contributed by atoms with Gasteiger partial charge >= 0.3 is 5.97 Å². The maximum atomic E-state index is 11.2. The molecule has 1 aromatic rings. The molecular formula is C13H18O5. The van der Waals surface area contributed by atoms with Crippen molar-refractivity contribution in [2.45, 2.75) is 12.3 Å². The standard InChI is InChI=1S/C13H18O5/c1-16-7-6-10(13(14)15)9-4-5-11(17-2)12(8-9)18-3/h4-5,8,10H,6-7H2,1-3H3,(H,14,15). The van der Waals surface area contributed by atoms with Gasteiger partial charge in [-0.2, -0.15) is 0 Å². The molecule has 100 valence electrons. The highest BCUT2D eigenvalue weighted by molar-refractivity contribution is 5.76. The Bertz CT molecular complexity index is 402. The molecule has 0 heterocycles. The van der Waals surface area contributed by atoms with Gasteiger partial charge in [-0.3, -0.25) is 4.79 Å². The number of hydrogen-bond acceptors (Lipinski definition) is 4. The molecule has 0 amide bonds. The maximum Gasteiger partial charge on any atom is 0.311 e. The molecule has 1 unspecified atom stereocenters. The molecule has 0 bridgehead atoms. The monoisotopic (exact) mass is 254 g/mol. The molecule has 1 atom stereocenters. The first-order chi connectivity index (χ1) is 8.63. The van der Waals surface area contributed by atoms with Gasteiger partial charge in [0.05, 0.1) is 20.1 Å². The highest BCUT2D eigenvalue weighted by Crippen LogP contribution is 2.31. The van der Waals surface area contributed by atoms with Crippen molar-refractivity contribution < 1.29 is 24.1 Å². The van der Waals surface area contributed by atoms with E-state index in [1.54, 1.807) is 25.3 Å². The van der Waals surface area contributed by atoms with Gasteiger partial charge in [-0.15, -0.1) is 0 Å². The van der Waals surface area contributed by atoms with E-state index < -0.39 is 11.9 Å². The Morgan fingerprint density at radius 3 is 2.39 bits per heavy atom. The minimum absolute atomic E-state index is 0.394. The number of carboxylic acid groups (broad SMARTS) is 1. The number of aliphatic carboxylic acids is 1. The highest BCUT2D eigenvalue weighted by Gasteiger charge is 2.21.